The summed E-state index contributed by atoms with van der Waals surface area (Å²) in [6, 6.07) is 13.1. The third kappa shape index (κ3) is 2.81. The first-order valence-electron chi connectivity index (χ1n) is 5.11. The molecule has 0 radical (unpaired) electrons. The fourth-order valence-corrected chi connectivity index (χ4v) is 1.37. The Labute approximate surface area is 94.3 Å². The maximum atomic E-state index is 8.98. The van der Waals surface area contributed by atoms with Gasteiger partial charge in [0.1, 0.15) is 12.4 Å². The third-order valence-corrected chi connectivity index (χ3v) is 2.19. The smallest absolute Gasteiger partial charge is 0.130 e. The predicted octanol–water partition coefficient (Wildman–Crippen LogP) is 2.15. The number of aromatic nitrogens is 1. The molecule has 82 valence electrons. The van der Waals surface area contributed by atoms with Crippen LogP contribution in [-0.4, -0.2) is 10.1 Å². The lowest BCUT2D eigenvalue weighted by atomic mass is 10.2. The van der Waals surface area contributed by atoms with Gasteiger partial charge in [-0.1, -0.05) is 18.2 Å². The number of ether oxygens (including phenoxy) is 1. The predicted molar refractivity (Wildman–Crippen MR) is 60.9 cm³/mol. The molecule has 0 aliphatic rings. The van der Waals surface area contributed by atoms with E-state index in [-0.39, 0.29) is 6.61 Å². The van der Waals surface area contributed by atoms with Crippen LogP contribution in [-0.2, 0) is 13.2 Å². The number of rotatable bonds is 4. The van der Waals surface area contributed by atoms with Crippen molar-refractivity contribution < 1.29 is 9.84 Å². The molecule has 0 saturated carbocycles. The van der Waals surface area contributed by atoms with Gasteiger partial charge in [-0.15, -0.1) is 0 Å². The lowest BCUT2D eigenvalue weighted by molar-refractivity contribution is 0.277. The Morgan fingerprint density at radius 3 is 2.81 bits per heavy atom. The van der Waals surface area contributed by atoms with Gasteiger partial charge in [-0.2, -0.15) is 0 Å². The standard InChI is InChI=1S/C13H13NO2/c15-9-11-4-3-6-13(8-11)16-10-12-5-1-2-7-14-12/h1-8,15H,9-10H2. The molecular weight excluding hydrogens is 202 g/mol. The van der Waals surface area contributed by atoms with Crippen molar-refractivity contribution in [2.45, 2.75) is 13.2 Å². The largest absolute Gasteiger partial charge is 0.487 e. The van der Waals surface area contributed by atoms with Gasteiger partial charge in [-0.25, -0.2) is 0 Å². The summed E-state index contributed by atoms with van der Waals surface area (Å²) >= 11 is 0. The molecule has 2 rings (SSSR count). The third-order valence-electron chi connectivity index (χ3n) is 2.19. The molecule has 16 heavy (non-hydrogen) atoms. The van der Waals surface area contributed by atoms with E-state index in [2.05, 4.69) is 4.98 Å². The Morgan fingerprint density at radius 2 is 2.06 bits per heavy atom. The van der Waals surface area contributed by atoms with E-state index in [9.17, 15) is 0 Å². The summed E-state index contributed by atoms with van der Waals surface area (Å²) in [6.07, 6.45) is 1.74. The van der Waals surface area contributed by atoms with E-state index in [1.165, 1.54) is 0 Å². The van der Waals surface area contributed by atoms with E-state index in [0.29, 0.717) is 6.61 Å². The zero-order chi connectivity index (χ0) is 11.2. The topological polar surface area (TPSA) is 42.4 Å². The minimum absolute atomic E-state index is 0.0286. The highest BCUT2D eigenvalue weighted by molar-refractivity contribution is 5.28. The van der Waals surface area contributed by atoms with E-state index in [4.69, 9.17) is 9.84 Å². The average Bonchev–Trinajstić information content (AvgIpc) is 2.38. The summed E-state index contributed by atoms with van der Waals surface area (Å²) in [5, 5.41) is 8.98. The molecule has 0 spiro atoms. The Hall–Kier alpha value is -1.87. The number of pyridine rings is 1. The zero-order valence-corrected chi connectivity index (χ0v) is 8.84. The first-order chi connectivity index (χ1) is 7.88. The van der Waals surface area contributed by atoms with Crippen molar-refractivity contribution in [3.8, 4) is 5.75 Å². The second kappa shape index (κ2) is 5.28. The van der Waals surface area contributed by atoms with Gasteiger partial charge >= 0.3 is 0 Å². The molecule has 2 aromatic rings. The highest BCUT2D eigenvalue weighted by Gasteiger charge is 1.97. The summed E-state index contributed by atoms with van der Waals surface area (Å²) in [4.78, 5) is 4.16. The van der Waals surface area contributed by atoms with Crippen LogP contribution < -0.4 is 4.74 Å². The first-order valence-corrected chi connectivity index (χ1v) is 5.11. The van der Waals surface area contributed by atoms with E-state index < -0.39 is 0 Å². The van der Waals surface area contributed by atoms with Gasteiger partial charge in [-0.05, 0) is 29.8 Å². The molecule has 0 aliphatic heterocycles. The monoisotopic (exact) mass is 215 g/mol. The number of aliphatic hydroxyl groups is 1. The normalized spacial score (nSPS) is 10.1. The Balaban J connectivity index is 1.99. The van der Waals surface area contributed by atoms with Crippen LogP contribution in [0, 0.1) is 0 Å². The summed E-state index contributed by atoms with van der Waals surface area (Å²) in [5.74, 6) is 0.747. The SMILES string of the molecule is OCc1cccc(OCc2ccccn2)c1. The second-order valence-electron chi connectivity index (χ2n) is 3.42. The molecule has 0 saturated heterocycles. The lowest BCUT2D eigenvalue weighted by Gasteiger charge is -2.06. The van der Waals surface area contributed by atoms with Gasteiger partial charge in [0.05, 0.1) is 12.3 Å². The van der Waals surface area contributed by atoms with Crippen LogP contribution in [0.1, 0.15) is 11.3 Å². The molecule has 0 fully saturated rings. The molecule has 1 aromatic carbocycles. The summed E-state index contributed by atoms with van der Waals surface area (Å²) in [7, 11) is 0. The summed E-state index contributed by atoms with van der Waals surface area (Å²) in [6.45, 7) is 0.469. The van der Waals surface area contributed by atoms with Crippen molar-refractivity contribution in [3.05, 3.63) is 59.9 Å². The number of hydrogen-bond acceptors (Lipinski definition) is 3. The Kier molecular flexibility index (Phi) is 3.51. The fourth-order valence-electron chi connectivity index (χ4n) is 1.37. The molecule has 0 aliphatic carbocycles. The van der Waals surface area contributed by atoms with Crippen LogP contribution in [0.15, 0.2) is 48.7 Å². The molecule has 1 heterocycles. The van der Waals surface area contributed by atoms with Crippen molar-refractivity contribution in [2.75, 3.05) is 0 Å². The molecule has 3 nitrogen and oxygen atoms in total. The highest BCUT2D eigenvalue weighted by Crippen LogP contribution is 2.14. The van der Waals surface area contributed by atoms with Crippen LogP contribution in [0.2, 0.25) is 0 Å². The van der Waals surface area contributed by atoms with Crippen molar-refractivity contribution in [1.82, 2.24) is 4.98 Å². The van der Waals surface area contributed by atoms with Gasteiger partial charge in [0.2, 0.25) is 0 Å². The van der Waals surface area contributed by atoms with Crippen LogP contribution in [0.25, 0.3) is 0 Å². The van der Waals surface area contributed by atoms with Crippen molar-refractivity contribution >= 4 is 0 Å². The lowest BCUT2D eigenvalue weighted by Crippen LogP contribution is -1.97. The van der Waals surface area contributed by atoms with Crippen molar-refractivity contribution in [2.24, 2.45) is 0 Å². The molecule has 0 amide bonds. The van der Waals surface area contributed by atoms with Gasteiger partial charge in [0, 0.05) is 6.20 Å². The molecule has 3 heteroatoms. The van der Waals surface area contributed by atoms with Crippen LogP contribution >= 0.6 is 0 Å². The first kappa shape index (κ1) is 10.6. The number of benzene rings is 1. The minimum Gasteiger partial charge on any atom is -0.487 e. The van der Waals surface area contributed by atoms with E-state index in [1.54, 1.807) is 6.20 Å². The fraction of sp³-hybridized carbons (Fsp3) is 0.154. The van der Waals surface area contributed by atoms with Crippen molar-refractivity contribution in [3.63, 3.8) is 0 Å². The molecule has 0 atom stereocenters. The van der Waals surface area contributed by atoms with Gasteiger partial charge in [0.25, 0.3) is 0 Å². The second-order valence-corrected chi connectivity index (χ2v) is 3.42. The molecule has 0 unspecified atom stereocenters. The molecule has 1 aromatic heterocycles. The zero-order valence-electron chi connectivity index (χ0n) is 8.84. The van der Waals surface area contributed by atoms with Gasteiger partial charge < -0.3 is 9.84 Å². The maximum absolute atomic E-state index is 8.98. The van der Waals surface area contributed by atoms with E-state index >= 15 is 0 Å². The maximum Gasteiger partial charge on any atom is 0.130 e. The molecule has 0 bridgehead atoms. The highest BCUT2D eigenvalue weighted by atomic mass is 16.5. The van der Waals surface area contributed by atoms with Crippen LogP contribution in [0.3, 0.4) is 0 Å². The number of nitrogens with zero attached hydrogens (tertiary/aromatic N) is 1. The number of hydrogen-bond donors (Lipinski definition) is 1. The average molecular weight is 215 g/mol. The Morgan fingerprint density at radius 1 is 1.12 bits per heavy atom. The summed E-state index contributed by atoms with van der Waals surface area (Å²) in [5.41, 5.74) is 1.73. The van der Waals surface area contributed by atoms with Gasteiger partial charge in [0.15, 0.2) is 0 Å². The number of aliphatic hydroxyl groups excluding tert-OH is 1. The van der Waals surface area contributed by atoms with Crippen LogP contribution in [0.4, 0.5) is 0 Å². The Bertz CT molecular complexity index is 443. The quantitative estimate of drug-likeness (QED) is 0.849. The summed E-state index contributed by atoms with van der Waals surface area (Å²) < 4.78 is 5.56. The van der Waals surface area contributed by atoms with Crippen molar-refractivity contribution in [1.29, 1.82) is 0 Å². The molecule has 1 N–H and O–H groups in total. The van der Waals surface area contributed by atoms with Gasteiger partial charge in [-0.3, -0.25) is 4.98 Å². The minimum atomic E-state index is 0.0286. The van der Waals surface area contributed by atoms with E-state index in [1.807, 2.05) is 42.5 Å². The van der Waals surface area contributed by atoms with Crippen LogP contribution in [0.5, 0.6) is 5.75 Å². The molecular formula is C13H13NO2. The van der Waals surface area contributed by atoms with E-state index in [0.717, 1.165) is 17.0 Å².